The Morgan fingerprint density at radius 1 is 1.07 bits per heavy atom. The fraction of sp³-hybridized carbons (Fsp3) is 0.227. The first-order valence-electron chi connectivity index (χ1n) is 9.38. The number of aromatic carboxylic acids is 2. The summed E-state index contributed by atoms with van der Waals surface area (Å²) in [6, 6.07) is 16.0. The van der Waals surface area contributed by atoms with Crippen molar-refractivity contribution in [1.82, 2.24) is 5.16 Å². The summed E-state index contributed by atoms with van der Waals surface area (Å²) in [5.74, 6) is -1.14. The Bertz CT molecular complexity index is 1040. The first-order valence-corrected chi connectivity index (χ1v) is 9.38. The molecule has 4 rings (SSSR count). The van der Waals surface area contributed by atoms with Gasteiger partial charge in [-0.25, -0.2) is 9.59 Å². The molecule has 1 fully saturated rings. The fourth-order valence-corrected chi connectivity index (χ4v) is 3.83. The van der Waals surface area contributed by atoms with E-state index in [1.807, 2.05) is 29.2 Å². The van der Waals surface area contributed by atoms with Crippen molar-refractivity contribution in [3.05, 3.63) is 71.3 Å². The van der Waals surface area contributed by atoms with Crippen LogP contribution in [0, 0.1) is 5.92 Å². The number of carbonyl (C=O) groups is 2. The number of nitrogens with zero attached hydrogens (tertiary/aromatic N) is 2. The third-order valence-corrected chi connectivity index (χ3v) is 5.21. The molecule has 0 radical (unpaired) electrons. The first-order chi connectivity index (χ1) is 14.0. The molecule has 0 spiro atoms. The number of hydrogen-bond acceptors (Lipinski definition) is 5. The second-order valence-corrected chi connectivity index (χ2v) is 7.19. The van der Waals surface area contributed by atoms with Crippen LogP contribution in [0.25, 0.3) is 11.3 Å². The summed E-state index contributed by atoms with van der Waals surface area (Å²) in [5, 5.41) is 23.0. The van der Waals surface area contributed by atoms with Crippen LogP contribution in [0.1, 0.15) is 32.7 Å². The molecule has 7 nitrogen and oxygen atoms in total. The third-order valence-electron chi connectivity index (χ3n) is 5.21. The van der Waals surface area contributed by atoms with Gasteiger partial charge >= 0.3 is 11.9 Å². The SMILES string of the molecule is O=C(O)c1cccc(CC2CCN(c3noc(-c4ccccc4)c3C(=O)O)C2)c1. The zero-order valence-corrected chi connectivity index (χ0v) is 15.6. The molecule has 0 aliphatic carbocycles. The average molecular weight is 392 g/mol. The second-order valence-electron chi connectivity index (χ2n) is 7.19. The molecule has 1 aliphatic heterocycles. The van der Waals surface area contributed by atoms with Gasteiger partial charge in [-0.1, -0.05) is 47.6 Å². The number of carboxylic acids is 2. The van der Waals surface area contributed by atoms with E-state index in [2.05, 4.69) is 5.16 Å². The van der Waals surface area contributed by atoms with Crippen molar-refractivity contribution in [2.24, 2.45) is 5.92 Å². The second kappa shape index (κ2) is 7.79. The molecule has 0 amide bonds. The third kappa shape index (κ3) is 3.85. The van der Waals surface area contributed by atoms with Crippen LogP contribution in [0.4, 0.5) is 5.82 Å². The van der Waals surface area contributed by atoms with E-state index in [0.29, 0.717) is 24.5 Å². The lowest BCUT2D eigenvalue weighted by molar-refractivity contribution is 0.0686. The van der Waals surface area contributed by atoms with Gasteiger partial charge in [-0.3, -0.25) is 0 Å². The molecule has 1 aromatic heterocycles. The number of carboxylic acid groups (broad SMARTS) is 2. The van der Waals surface area contributed by atoms with E-state index in [1.165, 1.54) is 0 Å². The molecule has 1 unspecified atom stereocenters. The molecule has 2 aromatic carbocycles. The summed E-state index contributed by atoms with van der Waals surface area (Å²) in [5.41, 5.74) is 1.98. The van der Waals surface area contributed by atoms with Crippen molar-refractivity contribution >= 4 is 17.8 Å². The predicted octanol–water partition coefficient (Wildman–Crippen LogP) is 3.81. The standard InChI is InChI=1S/C22H20N2O5/c25-21(26)17-8-4-5-14(12-17)11-15-9-10-24(13-15)20-18(22(27)28)19(29-23-20)16-6-2-1-3-7-16/h1-8,12,15H,9-11,13H2,(H,25,26)(H,27,28). The highest BCUT2D eigenvalue weighted by molar-refractivity contribution is 5.99. The summed E-state index contributed by atoms with van der Waals surface area (Å²) < 4.78 is 5.41. The molecule has 2 N–H and O–H groups in total. The molecule has 29 heavy (non-hydrogen) atoms. The van der Waals surface area contributed by atoms with Crippen LogP contribution in [0.15, 0.2) is 59.1 Å². The summed E-state index contributed by atoms with van der Waals surface area (Å²) in [7, 11) is 0. The van der Waals surface area contributed by atoms with Gasteiger partial charge in [0.1, 0.15) is 0 Å². The van der Waals surface area contributed by atoms with Gasteiger partial charge in [-0.05, 0) is 36.5 Å². The normalized spacial score (nSPS) is 16.1. The maximum absolute atomic E-state index is 11.9. The van der Waals surface area contributed by atoms with E-state index < -0.39 is 11.9 Å². The van der Waals surface area contributed by atoms with Gasteiger partial charge in [-0.15, -0.1) is 0 Å². The highest BCUT2D eigenvalue weighted by Gasteiger charge is 2.32. The number of rotatable bonds is 6. The number of benzene rings is 2. The smallest absolute Gasteiger partial charge is 0.343 e. The molecule has 1 saturated heterocycles. The summed E-state index contributed by atoms with van der Waals surface area (Å²) in [4.78, 5) is 25.0. The molecule has 0 bridgehead atoms. The first kappa shape index (κ1) is 18.7. The van der Waals surface area contributed by atoms with E-state index in [4.69, 9.17) is 9.63 Å². The zero-order chi connectivity index (χ0) is 20.4. The Hall–Kier alpha value is -3.61. The molecule has 0 saturated carbocycles. The molecule has 148 valence electrons. The minimum Gasteiger partial charge on any atom is -0.478 e. The lowest BCUT2D eigenvalue weighted by atomic mass is 9.97. The van der Waals surface area contributed by atoms with Crippen LogP contribution < -0.4 is 4.90 Å². The Morgan fingerprint density at radius 3 is 2.59 bits per heavy atom. The van der Waals surface area contributed by atoms with E-state index in [-0.39, 0.29) is 22.8 Å². The monoisotopic (exact) mass is 392 g/mol. The molecule has 1 atom stereocenters. The molecule has 1 aliphatic rings. The summed E-state index contributed by atoms with van der Waals surface area (Å²) in [6.45, 7) is 1.31. The van der Waals surface area contributed by atoms with Crippen LogP contribution in [0.5, 0.6) is 0 Å². The van der Waals surface area contributed by atoms with Gasteiger partial charge in [0.25, 0.3) is 0 Å². The van der Waals surface area contributed by atoms with Crippen molar-refractivity contribution in [3.63, 3.8) is 0 Å². The van der Waals surface area contributed by atoms with Gasteiger partial charge in [0.05, 0.1) is 5.56 Å². The van der Waals surface area contributed by atoms with Crippen molar-refractivity contribution in [3.8, 4) is 11.3 Å². The van der Waals surface area contributed by atoms with E-state index in [9.17, 15) is 14.7 Å². The van der Waals surface area contributed by atoms with E-state index in [1.54, 1.807) is 30.3 Å². The Balaban J connectivity index is 1.54. The summed E-state index contributed by atoms with van der Waals surface area (Å²) in [6.07, 6.45) is 1.59. The maximum Gasteiger partial charge on any atom is 0.343 e. The Kier molecular flexibility index (Phi) is 5.03. The van der Waals surface area contributed by atoms with Crippen LogP contribution in [-0.4, -0.2) is 40.4 Å². The number of hydrogen-bond donors (Lipinski definition) is 2. The van der Waals surface area contributed by atoms with E-state index in [0.717, 1.165) is 18.4 Å². The largest absolute Gasteiger partial charge is 0.478 e. The summed E-state index contributed by atoms with van der Waals surface area (Å²) >= 11 is 0. The van der Waals surface area contributed by atoms with Crippen LogP contribution >= 0.6 is 0 Å². The van der Waals surface area contributed by atoms with Crippen LogP contribution in [-0.2, 0) is 6.42 Å². The highest BCUT2D eigenvalue weighted by Crippen LogP contribution is 2.34. The van der Waals surface area contributed by atoms with Gasteiger partial charge < -0.3 is 19.6 Å². The minimum atomic E-state index is -1.07. The van der Waals surface area contributed by atoms with Gasteiger partial charge in [0, 0.05) is 18.7 Å². The van der Waals surface area contributed by atoms with Crippen molar-refractivity contribution < 1.29 is 24.3 Å². The van der Waals surface area contributed by atoms with Gasteiger partial charge in [0.2, 0.25) is 0 Å². The van der Waals surface area contributed by atoms with Crippen LogP contribution in [0.3, 0.4) is 0 Å². The van der Waals surface area contributed by atoms with E-state index >= 15 is 0 Å². The van der Waals surface area contributed by atoms with Crippen molar-refractivity contribution in [2.45, 2.75) is 12.8 Å². The average Bonchev–Trinajstić information content (AvgIpc) is 3.35. The Labute approximate surface area is 167 Å². The van der Waals surface area contributed by atoms with Gasteiger partial charge in [-0.2, -0.15) is 0 Å². The van der Waals surface area contributed by atoms with Crippen molar-refractivity contribution in [2.75, 3.05) is 18.0 Å². The minimum absolute atomic E-state index is 0.0738. The zero-order valence-electron chi connectivity index (χ0n) is 15.6. The lowest BCUT2D eigenvalue weighted by Crippen LogP contribution is -2.22. The topological polar surface area (TPSA) is 104 Å². The highest BCUT2D eigenvalue weighted by atomic mass is 16.5. The quantitative estimate of drug-likeness (QED) is 0.657. The number of aromatic nitrogens is 1. The predicted molar refractivity (Wildman–Crippen MR) is 106 cm³/mol. The van der Waals surface area contributed by atoms with Crippen LogP contribution in [0.2, 0.25) is 0 Å². The molecular formula is C22H20N2O5. The lowest BCUT2D eigenvalue weighted by Gasteiger charge is -2.16. The number of anilines is 1. The van der Waals surface area contributed by atoms with Gasteiger partial charge in [0.15, 0.2) is 17.1 Å². The fourth-order valence-electron chi connectivity index (χ4n) is 3.83. The molecular weight excluding hydrogens is 372 g/mol. The molecule has 3 aromatic rings. The Morgan fingerprint density at radius 2 is 1.86 bits per heavy atom. The molecule has 7 heteroatoms. The molecule has 2 heterocycles. The van der Waals surface area contributed by atoms with Crippen molar-refractivity contribution in [1.29, 1.82) is 0 Å². The maximum atomic E-state index is 11.9.